The summed E-state index contributed by atoms with van der Waals surface area (Å²) in [6.45, 7) is 2.63. The van der Waals surface area contributed by atoms with E-state index in [-0.39, 0.29) is 24.4 Å². The van der Waals surface area contributed by atoms with Gasteiger partial charge in [0.1, 0.15) is 6.04 Å². The second-order valence-electron chi connectivity index (χ2n) is 7.07. The Morgan fingerprint density at radius 1 is 1.36 bits per heavy atom. The Kier molecular flexibility index (Phi) is 6.67. The van der Waals surface area contributed by atoms with Crippen LogP contribution < -0.4 is 0 Å². The highest BCUT2D eigenvalue weighted by Crippen LogP contribution is 2.31. The third-order valence-electron chi connectivity index (χ3n) is 4.89. The van der Waals surface area contributed by atoms with E-state index in [1.54, 1.807) is 24.1 Å². The maximum absolute atomic E-state index is 12.8. The van der Waals surface area contributed by atoms with Crippen molar-refractivity contribution in [1.29, 1.82) is 0 Å². The van der Waals surface area contributed by atoms with Gasteiger partial charge in [0.15, 0.2) is 0 Å². The van der Waals surface area contributed by atoms with Crippen LogP contribution in [0.15, 0.2) is 28.8 Å². The summed E-state index contributed by atoms with van der Waals surface area (Å²) in [6.07, 6.45) is 3.87. The molecule has 2 amide bonds. The molecule has 150 valence electrons. The van der Waals surface area contributed by atoms with Crippen molar-refractivity contribution in [3.8, 4) is 11.4 Å². The zero-order valence-electron chi connectivity index (χ0n) is 16.2. The van der Waals surface area contributed by atoms with Crippen molar-refractivity contribution in [2.75, 3.05) is 20.1 Å². The Morgan fingerprint density at radius 2 is 2.18 bits per heavy atom. The number of amides is 2. The van der Waals surface area contributed by atoms with Gasteiger partial charge in [-0.25, -0.2) is 0 Å². The maximum atomic E-state index is 12.8. The SMILES string of the molecule is CCCC(=O)N(C)CC(=O)N1CCCCC1c1nc(-c2cccc(Cl)c2)no1. The van der Waals surface area contributed by atoms with Gasteiger partial charge < -0.3 is 14.3 Å². The molecule has 2 aromatic rings. The van der Waals surface area contributed by atoms with E-state index in [1.807, 2.05) is 19.1 Å². The third kappa shape index (κ3) is 4.70. The highest BCUT2D eigenvalue weighted by molar-refractivity contribution is 6.30. The Bertz CT molecular complexity index is 838. The summed E-state index contributed by atoms with van der Waals surface area (Å²) in [7, 11) is 1.67. The van der Waals surface area contributed by atoms with E-state index in [4.69, 9.17) is 16.1 Å². The summed E-state index contributed by atoms with van der Waals surface area (Å²) >= 11 is 6.04. The summed E-state index contributed by atoms with van der Waals surface area (Å²) in [5, 5.41) is 4.66. The number of likely N-dealkylation sites (tertiary alicyclic amines) is 1. The highest BCUT2D eigenvalue weighted by Gasteiger charge is 2.33. The van der Waals surface area contributed by atoms with Gasteiger partial charge in [-0.05, 0) is 37.8 Å². The van der Waals surface area contributed by atoms with Crippen LogP contribution in [0, 0.1) is 0 Å². The second-order valence-corrected chi connectivity index (χ2v) is 7.50. The lowest BCUT2D eigenvalue weighted by Crippen LogP contribution is -2.44. The summed E-state index contributed by atoms with van der Waals surface area (Å²) in [5.74, 6) is 0.751. The fourth-order valence-corrected chi connectivity index (χ4v) is 3.58. The molecule has 0 N–H and O–H groups in total. The molecule has 0 bridgehead atoms. The summed E-state index contributed by atoms with van der Waals surface area (Å²) in [5.41, 5.74) is 0.765. The molecule has 0 spiro atoms. The van der Waals surface area contributed by atoms with Gasteiger partial charge in [0.05, 0.1) is 6.54 Å². The van der Waals surface area contributed by atoms with E-state index >= 15 is 0 Å². The summed E-state index contributed by atoms with van der Waals surface area (Å²) in [6, 6.07) is 6.97. The van der Waals surface area contributed by atoms with Crippen molar-refractivity contribution in [2.24, 2.45) is 0 Å². The van der Waals surface area contributed by atoms with Crippen molar-refractivity contribution >= 4 is 23.4 Å². The zero-order chi connectivity index (χ0) is 20.1. The van der Waals surface area contributed by atoms with Crippen LogP contribution in [-0.2, 0) is 9.59 Å². The molecular formula is C20H25ClN4O3. The molecule has 7 nitrogen and oxygen atoms in total. The monoisotopic (exact) mass is 404 g/mol. The molecule has 1 fully saturated rings. The molecule has 8 heteroatoms. The molecule has 28 heavy (non-hydrogen) atoms. The van der Waals surface area contributed by atoms with Gasteiger partial charge in [0.25, 0.3) is 0 Å². The van der Waals surface area contributed by atoms with Crippen molar-refractivity contribution < 1.29 is 14.1 Å². The number of nitrogens with zero attached hydrogens (tertiary/aromatic N) is 4. The van der Waals surface area contributed by atoms with Crippen LogP contribution >= 0.6 is 11.6 Å². The first-order chi connectivity index (χ1) is 13.5. The molecule has 1 atom stereocenters. The quantitative estimate of drug-likeness (QED) is 0.733. The van der Waals surface area contributed by atoms with Crippen molar-refractivity contribution in [3.63, 3.8) is 0 Å². The summed E-state index contributed by atoms with van der Waals surface area (Å²) in [4.78, 5) is 32.6. The topological polar surface area (TPSA) is 79.5 Å². The molecule has 0 saturated carbocycles. The van der Waals surface area contributed by atoms with E-state index < -0.39 is 0 Å². The van der Waals surface area contributed by atoms with Crippen molar-refractivity contribution in [3.05, 3.63) is 35.2 Å². The lowest BCUT2D eigenvalue weighted by atomic mass is 10.0. The summed E-state index contributed by atoms with van der Waals surface area (Å²) < 4.78 is 5.49. The minimum Gasteiger partial charge on any atom is -0.337 e. The molecule has 1 saturated heterocycles. The first-order valence-corrected chi connectivity index (χ1v) is 10.0. The molecule has 1 aliphatic rings. The first kappa shape index (κ1) is 20.3. The number of piperidine rings is 1. The molecule has 0 radical (unpaired) electrons. The van der Waals surface area contributed by atoms with Crippen LogP contribution in [0.4, 0.5) is 0 Å². The van der Waals surface area contributed by atoms with Crippen LogP contribution in [0.3, 0.4) is 0 Å². The molecule has 1 aromatic carbocycles. The molecular weight excluding hydrogens is 380 g/mol. The van der Waals surface area contributed by atoms with Crippen LogP contribution in [0.25, 0.3) is 11.4 Å². The standard InChI is InChI=1S/C20H25ClN4O3/c1-3-7-17(26)24(2)13-18(27)25-11-5-4-10-16(25)20-22-19(23-28-20)14-8-6-9-15(21)12-14/h6,8-9,12,16H,3-5,7,10-11,13H2,1-2H3. The zero-order valence-corrected chi connectivity index (χ0v) is 17.0. The maximum Gasteiger partial charge on any atom is 0.249 e. The minimum absolute atomic E-state index is 0.0227. The van der Waals surface area contributed by atoms with Crippen LogP contribution in [0.5, 0.6) is 0 Å². The lowest BCUT2D eigenvalue weighted by Gasteiger charge is -2.34. The number of hydrogen-bond donors (Lipinski definition) is 0. The van der Waals surface area contributed by atoms with Gasteiger partial charge in [-0.3, -0.25) is 9.59 Å². The highest BCUT2D eigenvalue weighted by atomic mass is 35.5. The molecule has 1 aromatic heterocycles. The largest absolute Gasteiger partial charge is 0.337 e. The van der Waals surface area contributed by atoms with E-state index in [0.717, 1.165) is 31.2 Å². The van der Waals surface area contributed by atoms with Gasteiger partial charge in [-0.1, -0.05) is 35.8 Å². The third-order valence-corrected chi connectivity index (χ3v) is 5.13. The van der Waals surface area contributed by atoms with Gasteiger partial charge in [-0.15, -0.1) is 0 Å². The number of aromatic nitrogens is 2. The Balaban J connectivity index is 1.75. The fraction of sp³-hybridized carbons (Fsp3) is 0.500. The number of carbonyl (C=O) groups is 2. The number of hydrogen-bond acceptors (Lipinski definition) is 5. The fourth-order valence-electron chi connectivity index (χ4n) is 3.39. The average molecular weight is 405 g/mol. The number of benzene rings is 1. The van der Waals surface area contributed by atoms with Gasteiger partial charge in [0.2, 0.25) is 23.5 Å². The Morgan fingerprint density at radius 3 is 2.93 bits per heavy atom. The van der Waals surface area contributed by atoms with E-state index in [9.17, 15) is 9.59 Å². The predicted molar refractivity (Wildman–Crippen MR) is 106 cm³/mol. The second kappa shape index (κ2) is 9.19. The van der Waals surface area contributed by atoms with Crippen LogP contribution in [-0.4, -0.2) is 51.9 Å². The van der Waals surface area contributed by atoms with Gasteiger partial charge in [0, 0.05) is 30.6 Å². The number of likely N-dealkylation sites (N-methyl/N-ethyl adjacent to an activating group) is 1. The van der Waals surface area contributed by atoms with E-state index in [1.165, 1.54) is 4.90 Å². The van der Waals surface area contributed by atoms with Crippen molar-refractivity contribution in [1.82, 2.24) is 19.9 Å². The predicted octanol–water partition coefficient (Wildman–Crippen LogP) is 3.70. The normalized spacial score (nSPS) is 16.8. The Labute approximate surface area is 169 Å². The molecule has 0 aliphatic carbocycles. The first-order valence-electron chi connectivity index (χ1n) is 9.62. The average Bonchev–Trinajstić information content (AvgIpc) is 3.18. The van der Waals surface area contributed by atoms with E-state index in [2.05, 4.69) is 10.1 Å². The smallest absolute Gasteiger partial charge is 0.249 e. The Hall–Kier alpha value is -2.41. The molecule has 1 unspecified atom stereocenters. The van der Waals surface area contributed by atoms with Crippen LogP contribution in [0.1, 0.15) is 51.0 Å². The molecule has 2 heterocycles. The number of rotatable bonds is 6. The number of halogens is 1. The molecule has 3 rings (SSSR count). The van der Waals surface area contributed by atoms with Crippen LogP contribution in [0.2, 0.25) is 5.02 Å². The minimum atomic E-state index is -0.267. The van der Waals surface area contributed by atoms with Crippen molar-refractivity contribution in [2.45, 2.75) is 45.1 Å². The van der Waals surface area contributed by atoms with Gasteiger partial charge in [-0.2, -0.15) is 4.98 Å². The van der Waals surface area contributed by atoms with Gasteiger partial charge >= 0.3 is 0 Å². The van der Waals surface area contributed by atoms with E-state index in [0.29, 0.717) is 29.7 Å². The molecule has 1 aliphatic heterocycles. The number of carbonyl (C=O) groups excluding carboxylic acids is 2. The lowest BCUT2D eigenvalue weighted by molar-refractivity contribution is -0.142.